The Morgan fingerprint density at radius 2 is 1.83 bits per heavy atom. The Bertz CT molecular complexity index is 925. The van der Waals surface area contributed by atoms with Crippen molar-refractivity contribution in [2.45, 2.75) is 106 Å². The number of carbonyl (C=O) groups is 1. The second-order valence-electron chi connectivity index (χ2n) is 14.1. The van der Waals surface area contributed by atoms with Crippen LogP contribution in [0.25, 0.3) is 0 Å². The lowest BCUT2D eigenvalue weighted by Gasteiger charge is -2.56. The van der Waals surface area contributed by atoms with Gasteiger partial charge in [-0.05, 0) is 76.3 Å². The normalized spacial score (nSPS) is 45.6. The first-order valence-electron chi connectivity index (χ1n) is 14.4. The zero-order valence-electron chi connectivity index (χ0n) is 24.6. The van der Waals surface area contributed by atoms with Crippen molar-refractivity contribution in [3.8, 4) is 0 Å². The lowest BCUT2D eigenvalue weighted by atomic mass is 9.48. The van der Waals surface area contributed by atoms with Crippen LogP contribution in [0.15, 0.2) is 16.6 Å². The maximum Gasteiger partial charge on any atom is 0.186 e. The third-order valence-electron chi connectivity index (χ3n) is 11.7. The van der Waals surface area contributed by atoms with E-state index in [1.165, 1.54) is 5.57 Å². The molecule has 0 saturated heterocycles. The number of aliphatic imine (C=N–C) groups is 1. The SMILES string of the molecule is CC1=CC[C@@H]2N=C(C(C)C)OC[C@@]2(C)[C@@H]1CC[C@@H]1[C@@H](C)C(=O)C[C@]2(C)[C@@H]([C@H](C)N(C)C)[C@H](O)C[C@@]12C. The second kappa shape index (κ2) is 9.52. The quantitative estimate of drug-likeness (QED) is 0.471. The molecule has 36 heavy (non-hydrogen) atoms. The number of aliphatic hydroxyl groups excluding tert-OH is 1. The monoisotopic (exact) mass is 500 g/mol. The van der Waals surface area contributed by atoms with Crippen LogP contribution in [0, 0.1) is 45.8 Å². The van der Waals surface area contributed by atoms with E-state index in [-0.39, 0.29) is 52.2 Å². The number of rotatable bonds is 6. The van der Waals surface area contributed by atoms with Gasteiger partial charge in [0.05, 0.1) is 18.8 Å². The predicted octanol–water partition coefficient (Wildman–Crippen LogP) is 5.76. The number of fused-ring (bicyclic) bond motifs is 2. The van der Waals surface area contributed by atoms with E-state index in [4.69, 9.17) is 9.73 Å². The molecule has 4 aliphatic rings. The number of hydrogen-bond donors (Lipinski definition) is 1. The van der Waals surface area contributed by atoms with Crippen molar-refractivity contribution in [3.05, 3.63) is 11.6 Å². The first kappa shape index (κ1) is 27.8. The van der Waals surface area contributed by atoms with Crippen molar-refractivity contribution in [1.82, 2.24) is 4.90 Å². The van der Waals surface area contributed by atoms with Crippen LogP contribution in [0.1, 0.15) is 87.5 Å². The van der Waals surface area contributed by atoms with Gasteiger partial charge in [0.15, 0.2) is 5.90 Å². The Hall–Kier alpha value is -1.20. The van der Waals surface area contributed by atoms with E-state index >= 15 is 0 Å². The van der Waals surface area contributed by atoms with Crippen LogP contribution in [0.5, 0.6) is 0 Å². The summed E-state index contributed by atoms with van der Waals surface area (Å²) in [6, 6.07) is 0.492. The molecule has 3 aliphatic carbocycles. The van der Waals surface area contributed by atoms with Gasteiger partial charge in [0.1, 0.15) is 5.78 Å². The number of carbonyl (C=O) groups excluding carboxylic acids is 1. The molecule has 1 heterocycles. The molecule has 0 spiro atoms. The summed E-state index contributed by atoms with van der Waals surface area (Å²) < 4.78 is 6.23. The Morgan fingerprint density at radius 1 is 1.17 bits per heavy atom. The second-order valence-corrected chi connectivity index (χ2v) is 14.1. The highest BCUT2D eigenvalue weighted by Crippen LogP contribution is 2.67. The number of aliphatic hydroxyl groups is 1. The minimum atomic E-state index is -0.369. The highest BCUT2D eigenvalue weighted by Gasteiger charge is 2.66. The van der Waals surface area contributed by atoms with E-state index in [1.54, 1.807) is 0 Å². The number of nitrogens with zero attached hydrogens (tertiary/aromatic N) is 2. The maximum atomic E-state index is 13.5. The Balaban J connectivity index is 1.62. The summed E-state index contributed by atoms with van der Waals surface area (Å²) in [6.45, 7) is 18.8. The van der Waals surface area contributed by atoms with E-state index in [2.05, 4.69) is 80.5 Å². The van der Waals surface area contributed by atoms with Crippen LogP contribution in [0.2, 0.25) is 0 Å². The smallest absolute Gasteiger partial charge is 0.186 e. The Morgan fingerprint density at radius 3 is 2.44 bits per heavy atom. The fourth-order valence-corrected chi connectivity index (χ4v) is 9.04. The summed E-state index contributed by atoms with van der Waals surface area (Å²) in [5.74, 6) is 2.41. The molecule has 0 aromatic rings. The van der Waals surface area contributed by atoms with Crippen molar-refractivity contribution < 1.29 is 14.6 Å². The summed E-state index contributed by atoms with van der Waals surface area (Å²) in [5.41, 5.74) is 1.18. The van der Waals surface area contributed by atoms with Crippen molar-refractivity contribution in [2.75, 3.05) is 20.7 Å². The molecule has 10 atom stereocenters. The average Bonchev–Trinajstić information content (AvgIpc) is 2.98. The third-order valence-corrected chi connectivity index (χ3v) is 11.7. The number of allylic oxidation sites excluding steroid dienone is 1. The van der Waals surface area contributed by atoms with E-state index in [0.29, 0.717) is 24.0 Å². The van der Waals surface area contributed by atoms with Crippen molar-refractivity contribution in [1.29, 1.82) is 0 Å². The van der Waals surface area contributed by atoms with E-state index in [9.17, 15) is 9.90 Å². The number of ketones is 1. The zero-order valence-corrected chi connectivity index (χ0v) is 24.6. The van der Waals surface area contributed by atoms with Crippen molar-refractivity contribution >= 4 is 11.7 Å². The largest absolute Gasteiger partial charge is 0.480 e. The van der Waals surface area contributed by atoms with Gasteiger partial charge in [-0.2, -0.15) is 0 Å². The lowest BCUT2D eigenvalue weighted by molar-refractivity contribution is -0.146. The van der Waals surface area contributed by atoms with Gasteiger partial charge >= 0.3 is 0 Å². The van der Waals surface area contributed by atoms with Gasteiger partial charge in [0, 0.05) is 35.6 Å². The molecule has 2 saturated carbocycles. The summed E-state index contributed by atoms with van der Waals surface area (Å²) >= 11 is 0. The molecular weight excluding hydrogens is 448 g/mol. The first-order chi connectivity index (χ1) is 16.7. The highest BCUT2D eigenvalue weighted by molar-refractivity contribution is 5.83. The molecule has 0 aromatic heterocycles. The van der Waals surface area contributed by atoms with Crippen LogP contribution in [0.3, 0.4) is 0 Å². The molecule has 0 amide bonds. The Kier molecular flexibility index (Phi) is 7.36. The van der Waals surface area contributed by atoms with Gasteiger partial charge in [-0.3, -0.25) is 9.79 Å². The van der Waals surface area contributed by atoms with E-state index < -0.39 is 0 Å². The minimum absolute atomic E-state index is 0.0134. The van der Waals surface area contributed by atoms with Gasteiger partial charge in [-0.25, -0.2) is 0 Å². The molecule has 0 bridgehead atoms. The van der Waals surface area contributed by atoms with Gasteiger partial charge in [-0.15, -0.1) is 0 Å². The number of Topliss-reactive ketones (excluding diaryl/α,β-unsaturated/α-hetero) is 1. The highest BCUT2D eigenvalue weighted by atomic mass is 16.5. The van der Waals surface area contributed by atoms with Crippen LogP contribution in [0.4, 0.5) is 0 Å². The number of ether oxygens (including phenoxy) is 1. The standard InChI is InChI=1S/C31H52N2O3/c1-18(2)28-32-26-14-11-19(3)22(29(26,6)17-36-28)12-13-23-20(4)24(34)15-31(8)27(21(5)33(9)10)25(35)16-30(23,31)7/h11,18,20-23,25-27,35H,12-17H2,1-10H3/t20-,21+,22-,23-,25-,26+,27+,29+,30+,31-/m1/s1. The molecule has 0 radical (unpaired) electrons. The third kappa shape index (κ3) is 4.11. The van der Waals surface area contributed by atoms with Crippen LogP contribution in [-0.4, -0.2) is 60.6 Å². The number of hydrogen-bond acceptors (Lipinski definition) is 5. The molecular formula is C31H52N2O3. The van der Waals surface area contributed by atoms with E-state index in [0.717, 1.165) is 38.2 Å². The van der Waals surface area contributed by atoms with Gasteiger partial charge in [0.2, 0.25) is 0 Å². The average molecular weight is 501 g/mol. The summed E-state index contributed by atoms with van der Waals surface area (Å²) in [7, 11) is 4.19. The fraction of sp³-hybridized carbons (Fsp3) is 0.871. The molecule has 0 unspecified atom stereocenters. The van der Waals surface area contributed by atoms with Crippen LogP contribution < -0.4 is 0 Å². The molecule has 0 aromatic carbocycles. The van der Waals surface area contributed by atoms with Gasteiger partial charge in [-0.1, -0.05) is 53.2 Å². The molecule has 4 rings (SSSR count). The minimum Gasteiger partial charge on any atom is -0.480 e. The lowest BCUT2D eigenvalue weighted by Crippen LogP contribution is -2.55. The molecule has 1 aliphatic heterocycles. The molecule has 5 nitrogen and oxygen atoms in total. The fourth-order valence-electron chi connectivity index (χ4n) is 9.04. The maximum absolute atomic E-state index is 13.5. The molecule has 1 N–H and O–H groups in total. The zero-order chi connectivity index (χ0) is 26.8. The van der Waals surface area contributed by atoms with Gasteiger partial charge in [0.25, 0.3) is 0 Å². The van der Waals surface area contributed by atoms with Crippen molar-refractivity contribution in [2.24, 2.45) is 50.8 Å². The van der Waals surface area contributed by atoms with Crippen molar-refractivity contribution in [3.63, 3.8) is 0 Å². The predicted molar refractivity (Wildman–Crippen MR) is 147 cm³/mol. The molecule has 204 valence electrons. The van der Waals surface area contributed by atoms with Crippen LogP contribution in [-0.2, 0) is 9.53 Å². The summed E-state index contributed by atoms with van der Waals surface area (Å²) in [4.78, 5) is 20.8. The van der Waals surface area contributed by atoms with Crippen LogP contribution >= 0.6 is 0 Å². The first-order valence-corrected chi connectivity index (χ1v) is 14.4. The van der Waals surface area contributed by atoms with Gasteiger partial charge < -0.3 is 14.7 Å². The summed E-state index contributed by atoms with van der Waals surface area (Å²) in [5, 5.41) is 11.4. The summed E-state index contributed by atoms with van der Waals surface area (Å²) in [6.07, 6.45) is 6.45. The molecule has 5 heteroatoms. The molecule has 2 fully saturated rings. The van der Waals surface area contributed by atoms with E-state index in [1.807, 2.05) is 0 Å². The Labute approximate surface area is 220 Å². The topological polar surface area (TPSA) is 62.1 Å².